The van der Waals surface area contributed by atoms with Crippen LogP contribution in [0.25, 0.3) is 0 Å². The summed E-state index contributed by atoms with van der Waals surface area (Å²) in [5.74, 6) is -0.162. The SMILES string of the molecule is CNC(=O)[C@H]1CN(C(=O)CS)CCN1S(=O)(=O)c1ccc(OC)cc1. The van der Waals surface area contributed by atoms with Gasteiger partial charge in [-0.15, -0.1) is 0 Å². The van der Waals surface area contributed by atoms with Crippen LogP contribution in [0.2, 0.25) is 0 Å². The Bertz CT molecular complexity index is 736. The number of methoxy groups -OCH3 is 1. The normalized spacial score (nSPS) is 18.7. The fourth-order valence-corrected chi connectivity index (χ4v) is 4.41. The fourth-order valence-electron chi connectivity index (χ4n) is 2.64. The second-order valence-electron chi connectivity index (χ2n) is 5.42. The van der Waals surface area contributed by atoms with Gasteiger partial charge in [-0.05, 0) is 24.3 Å². The van der Waals surface area contributed by atoms with Crippen LogP contribution in [0.4, 0.5) is 0 Å². The first-order valence-corrected chi connectivity index (χ1v) is 9.68. The number of rotatable bonds is 5. The van der Waals surface area contributed by atoms with Gasteiger partial charge >= 0.3 is 0 Å². The van der Waals surface area contributed by atoms with E-state index in [-0.39, 0.29) is 36.2 Å². The Morgan fingerprint density at radius 1 is 1.28 bits per heavy atom. The second kappa shape index (κ2) is 8.07. The molecule has 0 spiro atoms. The smallest absolute Gasteiger partial charge is 0.243 e. The summed E-state index contributed by atoms with van der Waals surface area (Å²) < 4.78 is 32.1. The van der Waals surface area contributed by atoms with Crippen molar-refractivity contribution in [2.45, 2.75) is 10.9 Å². The van der Waals surface area contributed by atoms with Gasteiger partial charge < -0.3 is 15.0 Å². The zero-order chi connectivity index (χ0) is 18.6. The number of benzene rings is 1. The zero-order valence-electron chi connectivity index (χ0n) is 14.0. The average molecular weight is 387 g/mol. The van der Waals surface area contributed by atoms with Gasteiger partial charge in [0, 0.05) is 26.7 Å². The van der Waals surface area contributed by atoms with Crippen molar-refractivity contribution in [3.63, 3.8) is 0 Å². The minimum absolute atomic E-state index is 0.00550. The molecule has 1 N–H and O–H groups in total. The highest BCUT2D eigenvalue weighted by molar-refractivity contribution is 7.89. The standard InChI is InChI=1S/C15H21N3O5S2/c1-16-15(20)13-9-17(14(19)10-24)7-8-18(13)25(21,22)12-5-3-11(23-2)4-6-12/h3-6,13,24H,7-10H2,1-2H3,(H,16,20)/t13-/m1/s1. The Kier molecular flexibility index (Phi) is 6.31. The van der Waals surface area contributed by atoms with Crippen LogP contribution in [-0.2, 0) is 19.6 Å². The van der Waals surface area contributed by atoms with Crippen LogP contribution in [0, 0.1) is 0 Å². The van der Waals surface area contributed by atoms with E-state index in [1.807, 2.05) is 0 Å². The van der Waals surface area contributed by atoms with Crippen molar-refractivity contribution in [3.05, 3.63) is 24.3 Å². The largest absolute Gasteiger partial charge is 0.497 e. The summed E-state index contributed by atoms with van der Waals surface area (Å²) >= 11 is 3.95. The number of carbonyl (C=O) groups excluding carboxylic acids is 2. The number of piperazine rings is 1. The molecule has 1 aromatic rings. The van der Waals surface area contributed by atoms with E-state index in [0.29, 0.717) is 5.75 Å². The third-order valence-corrected chi connectivity index (χ3v) is 6.23. The first-order chi connectivity index (χ1) is 11.8. The van der Waals surface area contributed by atoms with Gasteiger partial charge in [0.2, 0.25) is 21.8 Å². The molecule has 138 valence electrons. The monoisotopic (exact) mass is 387 g/mol. The molecule has 2 amide bonds. The van der Waals surface area contributed by atoms with Crippen LogP contribution >= 0.6 is 12.6 Å². The number of carbonyl (C=O) groups is 2. The van der Waals surface area contributed by atoms with Crippen LogP contribution in [0.3, 0.4) is 0 Å². The van der Waals surface area contributed by atoms with E-state index in [0.717, 1.165) is 4.31 Å². The van der Waals surface area contributed by atoms with Gasteiger partial charge in [-0.25, -0.2) is 8.42 Å². The molecule has 1 aromatic carbocycles. The lowest BCUT2D eigenvalue weighted by Crippen LogP contribution is -2.61. The Morgan fingerprint density at radius 3 is 2.44 bits per heavy atom. The molecule has 1 saturated heterocycles. The van der Waals surface area contributed by atoms with Crippen LogP contribution in [-0.4, -0.2) is 75.0 Å². The van der Waals surface area contributed by atoms with Crippen molar-refractivity contribution < 1.29 is 22.7 Å². The molecule has 0 aromatic heterocycles. The Morgan fingerprint density at radius 2 is 1.92 bits per heavy atom. The van der Waals surface area contributed by atoms with Gasteiger partial charge in [0.1, 0.15) is 11.8 Å². The van der Waals surface area contributed by atoms with Crippen molar-refractivity contribution in [1.29, 1.82) is 0 Å². The van der Waals surface area contributed by atoms with Crippen molar-refractivity contribution in [2.24, 2.45) is 0 Å². The van der Waals surface area contributed by atoms with Crippen molar-refractivity contribution >= 4 is 34.5 Å². The Hall–Kier alpha value is -1.78. The molecule has 2 rings (SSSR count). The number of nitrogens with zero attached hydrogens (tertiary/aromatic N) is 2. The molecule has 8 nitrogen and oxygen atoms in total. The number of amides is 2. The quantitative estimate of drug-likeness (QED) is 0.669. The predicted octanol–water partition coefficient (Wildman–Crippen LogP) is -0.427. The van der Waals surface area contributed by atoms with E-state index >= 15 is 0 Å². The topological polar surface area (TPSA) is 96.0 Å². The number of hydrogen-bond donors (Lipinski definition) is 2. The molecule has 1 fully saturated rings. The summed E-state index contributed by atoms with van der Waals surface area (Å²) in [5.41, 5.74) is 0. The number of ether oxygens (including phenoxy) is 1. The predicted molar refractivity (Wildman–Crippen MR) is 95.2 cm³/mol. The molecule has 1 aliphatic rings. The van der Waals surface area contributed by atoms with E-state index < -0.39 is 22.0 Å². The molecule has 0 radical (unpaired) electrons. The lowest BCUT2D eigenvalue weighted by atomic mass is 10.2. The minimum atomic E-state index is -3.89. The van der Waals surface area contributed by atoms with Crippen LogP contribution in [0.5, 0.6) is 5.75 Å². The van der Waals surface area contributed by atoms with Gasteiger partial charge in [0.25, 0.3) is 0 Å². The summed E-state index contributed by atoms with van der Waals surface area (Å²) in [4.78, 5) is 25.6. The van der Waals surface area contributed by atoms with Crippen molar-refractivity contribution in [3.8, 4) is 5.75 Å². The maximum Gasteiger partial charge on any atom is 0.243 e. The van der Waals surface area contributed by atoms with E-state index in [1.165, 1.54) is 31.2 Å². The van der Waals surface area contributed by atoms with Crippen LogP contribution in [0.1, 0.15) is 0 Å². The summed E-state index contributed by atoms with van der Waals surface area (Å²) in [7, 11) is -0.968. The van der Waals surface area contributed by atoms with E-state index in [1.54, 1.807) is 12.1 Å². The highest BCUT2D eigenvalue weighted by atomic mass is 32.2. The number of thiol groups is 1. The minimum Gasteiger partial charge on any atom is -0.497 e. The van der Waals surface area contributed by atoms with Crippen LogP contribution in [0.15, 0.2) is 29.2 Å². The molecule has 1 aliphatic heterocycles. The maximum atomic E-state index is 13.0. The molecule has 0 saturated carbocycles. The third-order valence-electron chi connectivity index (χ3n) is 4.03. The van der Waals surface area contributed by atoms with E-state index in [2.05, 4.69) is 17.9 Å². The number of likely N-dealkylation sites (N-methyl/N-ethyl adjacent to an activating group) is 1. The molecule has 0 unspecified atom stereocenters. The van der Waals surface area contributed by atoms with E-state index in [9.17, 15) is 18.0 Å². The molecule has 10 heteroatoms. The summed E-state index contributed by atoms with van der Waals surface area (Å²) in [5, 5.41) is 2.46. The Balaban J connectivity index is 2.33. The van der Waals surface area contributed by atoms with E-state index in [4.69, 9.17) is 4.74 Å². The molecule has 25 heavy (non-hydrogen) atoms. The molecule has 0 bridgehead atoms. The van der Waals surface area contributed by atoms with Gasteiger partial charge in [-0.2, -0.15) is 16.9 Å². The number of hydrogen-bond acceptors (Lipinski definition) is 6. The van der Waals surface area contributed by atoms with Crippen molar-refractivity contribution in [2.75, 3.05) is 39.5 Å². The first-order valence-electron chi connectivity index (χ1n) is 7.61. The zero-order valence-corrected chi connectivity index (χ0v) is 15.7. The fraction of sp³-hybridized carbons (Fsp3) is 0.467. The highest BCUT2D eigenvalue weighted by Crippen LogP contribution is 2.24. The second-order valence-corrected chi connectivity index (χ2v) is 7.63. The molecule has 1 atom stereocenters. The molecular formula is C15H21N3O5S2. The first kappa shape index (κ1) is 19.5. The highest BCUT2D eigenvalue weighted by Gasteiger charge is 2.40. The lowest BCUT2D eigenvalue weighted by Gasteiger charge is -2.39. The number of nitrogens with one attached hydrogen (secondary N) is 1. The van der Waals surface area contributed by atoms with Gasteiger partial charge in [-0.1, -0.05) is 0 Å². The summed E-state index contributed by atoms with van der Waals surface area (Å²) in [6.45, 7) is 0.239. The van der Waals surface area contributed by atoms with Gasteiger partial charge in [0.15, 0.2) is 0 Å². The maximum absolute atomic E-state index is 13.0. The Labute approximate surface area is 152 Å². The van der Waals surface area contributed by atoms with Crippen molar-refractivity contribution in [1.82, 2.24) is 14.5 Å². The number of sulfonamides is 1. The van der Waals surface area contributed by atoms with Gasteiger partial charge in [0.05, 0.1) is 17.8 Å². The molecular weight excluding hydrogens is 366 g/mol. The lowest BCUT2D eigenvalue weighted by molar-refractivity contribution is -0.133. The van der Waals surface area contributed by atoms with Crippen LogP contribution < -0.4 is 10.1 Å². The third kappa shape index (κ3) is 4.07. The average Bonchev–Trinajstić information content (AvgIpc) is 2.66. The molecule has 1 heterocycles. The summed E-state index contributed by atoms with van der Waals surface area (Å²) in [6.07, 6.45) is 0. The summed E-state index contributed by atoms with van der Waals surface area (Å²) in [6, 6.07) is 4.96. The molecule has 0 aliphatic carbocycles. The van der Waals surface area contributed by atoms with Gasteiger partial charge in [-0.3, -0.25) is 9.59 Å².